The molecule has 1 atom stereocenters. The Morgan fingerprint density at radius 2 is 2.03 bits per heavy atom. The van der Waals surface area contributed by atoms with Gasteiger partial charge in [0.25, 0.3) is 0 Å². The molecule has 8 heteroatoms. The zero-order valence-corrected chi connectivity index (χ0v) is 16.1. The van der Waals surface area contributed by atoms with Crippen molar-refractivity contribution in [2.24, 2.45) is 12.8 Å². The van der Waals surface area contributed by atoms with Crippen LogP contribution in [0.15, 0.2) is 48.8 Å². The fraction of sp³-hybridized carbons (Fsp3) is 0.190. The standard InChI is InChI=1S/C21H19N7O/c1-13-7-14(3-4-16(13)9-22)12-28-25-11-18(26-28)20(21(23)29)15-5-6-17-10-24-27(2)19(17)8-15/h3-8,10-11,20H,12H2,1-2H3,(H2,23,29). The molecule has 1 unspecified atom stereocenters. The highest BCUT2D eigenvalue weighted by atomic mass is 16.1. The van der Waals surface area contributed by atoms with Crippen LogP contribution >= 0.6 is 0 Å². The van der Waals surface area contributed by atoms with Crippen LogP contribution in [0, 0.1) is 18.3 Å². The molecular formula is C21H19N7O. The Labute approximate surface area is 167 Å². The molecule has 2 aromatic carbocycles. The lowest BCUT2D eigenvalue weighted by molar-refractivity contribution is -0.118. The van der Waals surface area contributed by atoms with Gasteiger partial charge in [0, 0.05) is 12.4 Å². The number of aromatic nitrogens is 5. The Kier molecular flexibility index (Phi) is 4.56. The van der Waals surface area contributed by atoms with Crippen molar-refractivity contribution >= 4 is 16.8 Å². The average molecular weight is 385 g/mol. The number of carbonyl (C=O) groups excluding carboxylic acids is 1. The van der Waals surface area contributed by atoms with Crippen LogP contribution in [0.25, 0.3) is 10.9 Å². The summed E-state index contributed by atoms with van der Waals surface area (Å²) < 4.78 is 1.75. The quantitative estimate of drug-likeness (QED) is 0.564. The maximum atomic E-state index is 12.2. The predicted octanol–water partition coefficient (Wildman–Crippen LogP) is 2.01. The number of nitriles is 1. The number of nitrogens with two attached hydrogens (primary N) is 1. The SMILES string of the molecule is Cc1cc(Cn2ncc(C(C(N)=O)c3ccc4cnn(C)c4c3)n2)ccc1C#N. The molecule has 0 radical (unpaired) electrons. The van der Waals surface area contributed by atoms with Crippen LogP contribution < -0.4 is 5.73 Å². The molecule has 0 spiro atoms. The molecule has 0 aliphatic rings. The lowest BCUT2D eigenvalue weighted by Crippen LogP contribution is -2.23. The molecule has 2 N–H and O–H groups in total. The summed E-state index contributed by atoms with van der Waals surface area (Å²) in [6.07, 6.45) is 3.34. The number of benzene rings is 2. The van der Waals surface area contributed by atoms with Gasteiger partial charge in [-0.3, -0.25) is 9.48 Å². The summed E-state index contributed by atoms with van der Waals surface area (Å²) in [6.45, 7) is 2.32. The Morgan fingerprint density at radius 1 is 1.21 bits per heavy atom. The smallest absolute Gasteiger partial charge is 0.231 e. The van der Waals surface area contributed by atoms with Crippen molar-refractivity contribution in [1.82, 2.24) is 24.8 Å². The first-order valence-electron chi connectivity index (χ1n) is 9.07. The Morgan fingerprint density at radius 3 is 2.76 bits per heavy atom. The van der Waals surface area contributed by atoms with Gasteiger partial charge >= 0.3 is 0 Å². The fourth-order valence-corrected chi connectivity index (χ4v) is 3.45. The lowest BCUT2D eigenvalue weighted by atomic mass is 9.95. The van der Waals surface area contributed by atoms with E-state index in [4.69, 9.17) is 11.0 Å². The Bertz CT molecular complexity index is 1260. The van der Waals surface area contributed by atoms with Crippen LogP contribution in [0.3, 0.4) is 0 Å². The molecule has 2 aromatic heterocycles. The van der Waals surface area contributed by atoms with Gasteiger partial charge in [-0.1, -0.05) is 24.3 Å². The predicted molar refractivity (Wildman–Crippen MR) is 107 cm³/mol. The van der Waals surface area contributed by atoms with Crippen molar-refractivity contribution < 1.29 is 4.79 Å². The van der Waals surface area contributed by atoms with Gasteiger partial charge in [-0.25, -0.2) is 0 Å². The Balaban J connectivity index is 1.64. The first kappa shape index (κ1) is 18.4. The second kappa shape index (κ2) is 7.20. The Hall–Kier alpha value is -3.99. The van der Waals surface area contributed by atoms with Gasteiger partial charge in [-0.05, 0) is 35.7 Å². The second-order valence-electron chi connectivity index (χ2n) is 6.98. The number of hydrogen-bond acceptors (Lipinski definition) is 5. The zero-order chi connectivity index (χ0) is 20.5. The average Bonchev–Trinajstić information content (AvgIpc) is 3.29. The van der Waals surface area contributed by atoms with Crippen LogP contribution in [0.5, 0.6) is 0 Å². The molecule has 0 fully saturated rings. The highest BCUT2D eigenvalue weighted by molar-refractivity contribution is 5.87. The van der Waals surface area contributed by atoms with E-state index >= 15 is 0 Å². The number of fused-ring (bicyclic) bond motifs is 1. The first-order valence-corrected chi connectivity index (χ1v) is 9.07. The van der Waals surface area contributed by atoms with Crippen LogP contribution in [0.4, 0.5) is 0 Å². The fourth-order valence-electron chi connectivity index (χ4n) is 3.45. The van der Waals surface area contributed by atoms with E-state index in [-0.39, 0.29) is 0 Å². The maximum absolute atomic E-state index is 12.2. The van der Waals surface area contributed by atoms with Crippen LogP contribution in [0.1, 0.15) is 33.9 Å². The molecule has 0 saturated heterocycles. The van der Waals surface area contributed by atoms with Gasteiger partial charge in [-0.2, -0.15) is 25.4 Å². The molecule has 4 aromatic rings. The number of primary amides is 1. The third-order valence-corrected chi connectivity index (χ3v) is 4.98. The molecule has 0 aliphatic carbocycles. The summed E-state index contributed by atoms with van der Waals surface area (Å²) in [4.78, 5) is 13.8. The summed E-state index contributed by atoms with van der Waals surface area (Å²) >= 11 is 0. The molecule has 0 saturated carbocycles. The number of hydrogen-bond donors (Lipinski definition) is 1. The molecular weight excluding hydrogens is 366 g/mol. The second-order valence-corrected chi connectivity index (χ2v) is 6.98. The maximum Gasteiger partial charge on any atom is 0.231 e. The van der Waals surface area contributed by atoms with Crippen LogP contribution in [-0.4, -0.2) is 30.7 Å². The monoisotopic (exact) mass is 385 g/mol. The van der Waals surface area contributed by atoms with Gasteiger partial charge < -0.3 is 5.73 Å². The van der Waals surface area contributed by atoms with Crippen molar-refractivity contribution in [2.45, 2.75) is 19.4 Å². The van der Waals surface area contributed by atoms with E-state index < -0.39 is 11.8 Å². The van der Waals surface area contributed by atoms with Crippen LogP contribution in [-0.2, 0) is 18.4 Å². The number of nitrogens with zero attached hydrogens (tertiary/aromatic N) is 6. The van der Waals surface area contributed by atoms with Crippen molar-refractivity contribution in [3.05, 3.63) is 76.7 Å². The third-order valence-electron chi connectivity index (χ3n) is 4.98. The summed E-state index contributed by atoms with van der Waals surface area (Å²) in [5.41, 5.74) is 10.4. The van der Waals surface area contributed by atoms with E-state index in [1.807, 2.05) is 44.3 Å². The third kappa shape index (κ3) is 3.46. The normalized spacial score (nSPS) is 12.0. The number of amides is 1. The van der Waals surface area contributed by atoms with Crippen molar-refractivity contribution in [2.75, 3.05) is 0 Å². The molecule has 1 amide bonds. The zero-order valence-electron chi connectivity index (χ0n) is 16.1. The molecule has 2 heterocycles. The summed E-state index contributed by atoms with van der Waals surface area (Å²) in [6, 6.07) is 13.4. The molecule has 8 nitrogen and oxygen atoms in total. The largest absolute Gasteiger partial charge is 0.369 e. The van der Waals surface area contributed by atoms with E-state index in [1.165, 1.54) is 4.80 Å². The summed E-state index contributed by atoms with van der Waals surface area (Å²) in [5.74, 6) is -1.20. The van der Waals surface area contributed by atoms with Crippen molar-refractivity contribution in [1.29, 1.82) is 5.26 Å². The van der Waals surface area contributed by atoms with Gasteiger partial charge in [0.05, 0.1) is 41.8 Å². The number of rotatable bonds is 5. The van der Waals surface area contributed by atoms with Gasteiger partial charge in [0.2, 0.25) is 5.91 Å². The van der Waals surface area contributed by atoms with E-state index in [0.717, 1.165) is 27.6 Å². The minimum absolute atomic E-state index is 0.429. The molecule has 0 bridgehead atoms. The molecule has 29 heavy (non-hydrogen) atoms. The highest BCUT2D eigenvalue weighted by Crippen LogP contribution is 2.26. The summed E-state index contributed by atoms with van der Waals surface area (Å²) in [5, 5.41) is 23.1. The van der Waals surface area contributed by atoms with E-state index in [9.17, 15) is 4.79 Å². The van der Waals surface area contributed by atoms with E-state index in [1.54, 1.807) is 23.1 Å². The first-order chi connectivity index (χ1) is 14.0. The van der Waals surface area contributed by atoms with Gasteiger partial charge in [-0.15, -0.1) is 0 Å². The minimum atomic E-state index is -0.703. The molecule has 4 rings (SSSR count). The number of aryl methyl sites for hydroxylation is 2. The number of carbonyl (C=O) groups is 1. The van der Waals surface area contributed by atoms with E-state index in [2.05, 4.69) is 21.4 Å². The topological polar surface area (TPSA) is 115 Å². The van der Waals surface area contributed by atoms with Crippen LogP contribution in [0.2, 0.25) is 0 Å². The van der Waals surface area contributed by atoms with Crippen molar-refractivity contribution in [3.8, 4) is 6.07 Å². The van der Waals surface area contributed by atoms with Gasteiger partial charge in [0.1, 0.15) is 5.92 Å². The lowest BCUT2D eigenvalue weighted by Gasteiger charge is -2.11. The van der Waals surface area contributed by atoms with E-state index in [0.29, 0.717) is 17.8 Å². The highest BCUT2D eigenvalue weighted by Gasteiger charge is 2.24. The van der Waals surface area contributed by atoms with Crippen molar-refractivity contribution in [3.63, 3.8) is 0 Å². The summed E-state index contributed by atoms with van der Waals surface area (Å²) in [7, 11) is 1.85. The molecule has 0 aliphatic heterocycles. The minimum Gasteiger partial charge on any atom is -0.369 e. The van der Waals surface area contributed by atoms with Gasteiger partial charge in [0.15, 0.2) is 0 Å². The molecule has 144 valence electrons.